The molecule has 0 atom stereocenters. The Hall–Kier alpha value is -2.69. The largest absolute Gasteiger partial charge is 0.465 e. The molecule has 5 heteroatoms. The Morgan fingerprint density at radius 1 is 1.08 bits per heavy atom. The Bertz CT molecular complexity index is 698. The number of benzene rings is 1. The number of nitrogens with zero attached hydrogens (tertiary/aromatic N) is 1. The topological polar surface area (TPSA) is 65.5 Å². The first-order valence-electron chi connectivity index (χ1n) is 7.98. The maximum Gasteiger partial charge on any atom is 0.338 e. The number of ether oxygens (including phenoxy) is 2. The highest BCUT2D eigenvalue weighted by Gasteiger charge is 2.18. The van der Waals surface area contributed by atoms with Gasteiger partial charge in [0.1, 0.15) is 0 Å². The Morgan fingerprint density at radius 2 is 1.92 bits per heavy atom. The second kappa shape index (κ2) is 8.82. The van der Waals surface area contributed by atoms with E-state index < -0.39 is 11.9 Å². The van der Waals surface area contributed by atoms with Crippen molar-refractivity contribution in [3.63, 3.8) is 0 Å². The Kier molecular flexibility index (Phi) is 6.49. The normalized spacial score (nSPS) is 10.2. The van der Waals surface area contributed by atoms with Gasteiger partial charge in [0.25, 0.3) is 0 Å². The standard InChI is InChI=1S/C19H21NO4/c1-3-4-7-12-24-19(22)15-10-9-14(18(21)23-2)13-16(15)17-8-5-6-11-20-17/h5-6,8-11,13H,3-4,7,12H2,1-2H3. The molecule has 0 aliphatic carbocycles. The van der Waals surface area contributed by atoms with Gasteiger partial charge in [0.2, 0.25) is 0 Å². The molecule has 0 saturated carbocycles. The van der Waals surface area contributed by atoms with Gasteiger partial charge in [-0.1, -0.05) is 25.8 Å². The quantitative estimate of drug-likeness (QED) is 0.570. The molecule has 0 bridgehead atoms. The summed E-state index contributed by atoms with van der Waals surface area (Å²) in [5, 5.41) is 0. The van der Waals surface area contributed by atoms with Crippen molar-refractivity contribution < 1.29 is 19.1 Å². The summed E-state index contributed by atoms with van der Waals surface area (Å²) in [5.41, 5.74) is 1.90. The number of carbonyl (C=O) groups excluding carboxylic acids is 2. The van der Waals surface area contributed by atoms with Gasteiger partial charge in [-0.2, -0.15) is 0 Å². The molecule has 0 N–H and O–H groups in total. The average Bonchev–Trinajstić information content (AvgIpc) is 2.64. The van der Waals surface area contributed by atoms with Gasteiger partial charge in [-0.15, -0.1) is 0 Å². The summed E-state index contributed by atoms with van der Waals surface area (Å²) in [7, 11) is 1.32. The van der Waals surface area contributed by atoms with Crippen molar-refractivity contribution >= 4 is 11.9 Å². The molecule has 0 unspecified atom stereocenters. The van der Waals surface area contributed by atoms with Crippen molar-refractivity contribution in [1.82, 2.24) is 4.98 Å². The molecule has 0 radical (unpaired) electrons. The van der Waals surface area contributed by atoms with E-state index in [0.717, 1.165) is 19.3 Å². The molecule has 0 saturated heterocycles. The van der Waals surface area contributed by atoms with Crippen LogP contribution in [0.5, 0.6) is 0 Å². The van der Waals surface area contributed by atoms with Crippen molar-refractivity contribution in [2.24, 2.45) is 0 Å². The van der Waals surface area contributed by atoms with E-state index in [-0.39, 0.29) is 0 Å². The molecule has 2 rings (SSSR count). The first kappa shape index (κ1) is 17.7. The predicted molar refractivity (Wildman–Crippen MR) is 90.8 cm³/mol. The van der Waals surface area contributed by atoms with Crippen LogP contribution >= 0.6 is 0 Å². The smallest absolute Gasteiger partial charge is 0.338 e. The van der Waals surface area contributed by atoms with Crippen molar-refractivity contribution in [3.8, 4) is 11.3 Å². The number of hydrogen-bond acceptors (Lipinski definition) is 5. The molecule has 1 heterocycles. The lowest BCUT2D eigenvalue weighted by Gasteiger charge is -2.11. The zero-order chi connectivity index (χ0) is 17.4. The van der Waals surface area contributed by atoms with Crippen LogP contribution in [-0.4, -0.2) is 30.6 Å². The van der Waals surface area contributed by atoms with Gasteiger partial charge in [0.05, 0.1) is 30.5 Å². The van der Waals surface area contributed by atoms with Crippen LogP contribution < -0.4 is 0 Å². The zero-order valence-electron chi connectivity index (χ0n) is 14.0. The summed E-state index contributed by atoms with van der Waals surface area (Å²) in [6, 6.07) is 10.1. The minimum absolute atomic E-state index is 0.362. The highest BCUT2D eigenvalue weighted by atomic mass is 16.5. The van der Waals surface area contributed by atoms with E-state index in [1.165, 1.54) is 7.11 Å². The van der Waals surface area contributed by atoms with Gasteiger partial charge in [0, 0.05) is 11.8 Å². The van der Waals surface area contributed by atoms with Crippen LogP contribution in [0.3, 0.4) is 0 Å². The number of hydrogen-bond donors (Lipinski definition) is 0. The van der Waals surface area contributed by atoms with Crippen molar-refractivity contribution in [2.45, 2.75) is 26.2 Å². The molecule has 2 aromatic rings. The summed E-state index contributed by atoms with van der Waals surface area (Å²) in [5.74, 6) is -0.877. The average molecular weight is 327 g/mol. The maximum atomic E-state index is 12.4. The van der Waals surface area contributed by atoms with Crippen LogP contribution in [0, 0.1) is 0 Å². The van der Waals surface area contributed by atoms with Crippen molar-refractivity contribution in [1.29, 1.82) is 0 Å². The fourth-order valence-corrected chi connectivity index (χ4v) is 2.30. The van der Waals surface area contributed by atoms with E-state index in [2.05, 4.69) is 11.9 Å². The lowest BCUT2D eigenvalue weighted by atomic mass is 10.0. The van der Waals surface area contributed by atoms with Crippen LogP contribution in [0.2, 0.25) is 0 Å². The zero-order valence-corrected chi connectivity index (χ0v) is 14.0. The number of aromatic nitrogens is 1. The number of unbranched alkanes of at least 4 members (excludes halogenated alkanes) is 2. The first-order chi connectivity index (χ1) is 11.7. The molecule has 0 fully saturated rings. The molecule has 24 heavy (non-hydrogen) atoms. The van der Waals surface area contributed by atoms with Crippen LogP contribution in [0.4, 0.5) is 0 Å². The van der Waals surface area contributed by atoms with Crippen molar-refractivity contribution in [2.75, 3.05) is 13.7 Å². The van der Waals surface area contributed by atoms with Crippen LogP contribution in [0.15, 0.2) is 42.6 Å². The lowest BCUT2D eigenvalue weighted by Crippen LogP contribution is -2.10. The molecule has 0 aliphatic rings. The summed E-state index contributed by atoms with van der Waals surface area (Å²) in [6.45, 7) is 2.47. The molecular weight excluding hydrogens is 306 g/mol. The second-order valence-electron chi connectivity index (χ2n) is 5.31. The minimum Gasteiger partial charge on any atom is -0.465 e. The highest BCUT2D eigenvalue weighted by Crippen LogP contribution is 2.24. The molecule has 126 valence electrons. The van der Waals surface area contributed by atoms with Crippen LogP contribution in [0.25, 0.3) is 11.3 Å². The summed E-state index contributed by atoms with van der Waals surface area (Å²) >= 11 is 0. The molecule has 0 spiro atoms. The van der Waals surface area contributed by atoms with Gasteiger partial charge < -0.3 is 9.47 Å². The van der Waals surface area contributed by atoms with Crippen LogP contribution in [0.1, 0.15) is 46.9 Å². The Labute approximate surface area is 141 Å². The van der Waals surface area contributed by atoms with E-state index in [9.17, 15) is 9.59 Å². The van der Waals surface area contributed by atoms with E-state index in [1.807, 2.05) is 6.07 Å². The van der Waals surface area contributed by atoms with E-state index in [4.69, 9.17) is 9.47 Å². The first-order valence-corrected chi connectivity index (χ1v) is 7.98. The minimum atomic E-state index is -0.463. The van der Waals surface area contributed by atoms with E-state index in [1.54, 1.807) is 36.5 Å². The lowest BCUT2D eigenvalue weighted by molar-refractivity contribution is 0.0497. The van der Waals surface area contributed by atoms with E-state index in [0.29, 0.717) is 29.0 Å². The Morgan fingerprint density at radius 3 is 2.58 bits per heavy atom. The van der Waals surface area contributed by atoms with Crippen LogP contribution in [-0.2, 0) is 9.47 Å². The van der Waals surface area contributed by atoms with Gasteiger partial charge in [-0.3, -0.25) is 4.98 Å². The molecular formula is C19H21NO4. The fourth-order valence-electron chi connectivity index (χ4n) is 2.30. The monoisotopic (exact) mass is 327 g/mol. The SMILES string of the molecule is CCCCCOC(=O)c1ccc(C(=O)OC)cc1-c1ccccn1. The summed E-state index contributed by atoms with van der Waals surface area (Å²) in [4.78, 5) is 28.4. The molecule has 0 amide bonds. The van der Waals surface area contributed by atoms with E-state index >= 15 is 0 Å². The number of rotatable bonds is 7. The number of esters is 2. The maximum absolute atomic E-state index is 12.4. The van der Waals surface area contributed by atoms with Crippen molar-refractivity contribution in [3.05, 3.63) is 53.7 Å². The number of carbonyl (C=O) groups is 2. The number of methoxy groups -OCH3 is 1. The van der Waals surface area contributed by atoms with Gasteiger partial charge in [-0.05, 0) is 36.8 Å². The van der Waals surface area contributed by atoms with Gasteiger partial charge in [0.15, 0.2) is 0 Å². The third-order valence-electron chi connectivity index (χ3n) is 3.58. The number of pyridine rings is 1. The molecule has 0 aliphatic heterocycles. The third-order valence-corrected chi connectivity index (χ3v) is 3.58. The van der Waals surface area contributed by atoms with Gasteiger partial charge in [-0.25, -0.2) is 9.59 Å². The molecule has 1 aromatic carbocycles. The predicted octanol–water partition coefficient (Wildman–Crippen LogP) is 3.88. The highest BCUT2D eigenvalue weighted by molar-refractivity contribution is 5.99. The fraction of sp³-hybridized carbons (Fsp3) is 0.316. The Balaban J connectivity index is 2.32. The summed E-state index contributed by atoms with van der Waals surface area (Å²) < 4.78 is 10.1. The van der Waals surface area contributed by atoms with Gasteiger partial charge >= 0.3 is 11.9 Å². The molecule has 1 aromatic heterocycles. The molecule has 5 nitrogen and oxygen atoms in total. The second-order valence-corrected chi connectivity index (χ2v) is 5.31. The summed E-state index contributed by atoms with van der Waals surface area (Å²) in [6.07, 6.45) is 4.55. The third kappa shape index (κ3) is 4.41.